The van der Waals surface area contributed by atoms with Crippen LogP contribution in [0.3, 0.4) is 0 Å². The van der Waals surface area contributed by atoms with Gasteiger partial charge in [0.05, 0.1) is 14.2 Å². The Labute approximate surface area is 142 Å². The zero-order valence-electron chi connectivity index (χ0n) is 13.8. The lowest BCUT2D eigenvalue weighted by atomic mass is 10.3. The van der Waals surface area contributed by atoms with Crippen LogP contribution in [0.25, 0.3) is 10.2 Å². The fraction of sp³-hybridized carbons (Fsp3) is 0.312. The van der Waals surface area contributed by atoms with Crippen LogP contribution in [0.1, 0.15) is 23.2 Å². The van der Waals surface area contributed by atoms with Crippen molar-refractivity contribution in [3.63, 3.8) is 0 Å². The maximum Gasteiger partial charge on any atom is 0.301 e. The maximum absolute atomic E-state index is 12.3. The normalized spacial score (nSPS) is 11.9. The fourth-order valence-corrected chi connectivity index (χ4v) is 3.65. The fourth-order valence-electron chi connectivity index (χ4n) is 2.44. The number of amides is 1. The van der Waals surface area contributed by atoms with E-state index in [0.29, 0.717) is 28.6 Å². The lowest BCUT2D eigenvalue weighted by molar-refractivity contribution is 0.0989. The van der Waals surface area contributed by atoms with Crippen molar-refractivity contribution in [1.29, 1.82) is 0 Å². The van der Waals surface area contributed by atoms with Gasteiger partial charge in [0.2, 0.25) is 0 Å². The zero-order chi connectivity index (χ0) is 17.3. The molecule has 1 amide bonds. The molecule has 0 aliphatic rings. The highest BCUT2D eigenvalue weighted by molar-refractivity contribution is 7.16. The van der Waals surface area contributed by atoms with E-state index in [0.717, 1.165) is 10.2 Å². The second-order valence-corrected chi connectivity index (χ2v) is 5.99. The van der Waals surface area contributed by atoms with Crippen molar-refractivity contribution in [3.8, 4) is 11.5 Å². The van der Waals surface area contributed by atoms with Crippen molar-refractivity contribution in [2.45, 2.75) is 20.4 Å². The molecule has 0 unspecified atom stereocenters. The molecule has 0 aliphatic heterocycles. The molecule has 24 heavy (non-hydrogen) atoms. The summed E-state index contributed by atoms with van der Waals surface area (Å²) in [5, 5.41) is 3.72. The predicted molar refractivity (Wildman–Crippen MR) is 89.7 cm³/mol. The number of hydrogen-bond acceptors (Lipinski definition) is 6. The highest BCUT2D eigenvalue weighted by Gasteiger charge is 2.17. The number of benzene rings is 1. The van der Waals surface area contributed by atoms with Crippen molar-refractivity contribution in [1.82, 2.24) is 9.72 Å². The molecule has 0 fully saturated rings. The van der Waals surface area contributed by atoms with Crippen LogP contribution < -0.4 is 14.3 Å². The molecule has 0 radical (unpaired) electrons. The third-order valence-corrected chi connectivity index (χ3v) is 4.65. The van der Waals surface area contributed by atoms with Gasteiger partial charge in [0, 0.05) is 12.6 Å². The summed E-state index contributed by atoms with van der Waals surface area (Å²) in [5.74, 6) is 1.54. The van der Waals surface area contributed by atoms with E-state index < -0.39 is 5.91 Å². The van der Waals surface area contributed by atoms with E-state index in [1.54, 1.807) is 27.2 Å². The quantitative estimate of drug-likeness (QED) is 0.725. The van der Waals surface area contributed by atoms with Gasteiger partial charge in [-0.3, -0.25) is 4.79 Å². The summed E-state index contributed by atoms with van der Waals surface area (Å²) in [6.07, 6.45) is 0. The van der Waals surface area contributed by atoms with Crippen molar-refractivity contribution in [2.24, 2.45) is 4.99 Å². The second-order valence-electron chi connectivity index (χ2n) is 5.02. The minimum Gasteiger partial charge on any atom is -0.495 e. The van der Waals surface area contributed by atoms with E-state index in [9.17, 15) is 4.79 Å². The molecule has 0 aliphatic carbocycles. The number of rotatable bonds is 4. The molecule has 0 N–H and O–H groups in total. The monoisotopic (exact) mass is 347 g/mol. The molecule has 2 aromatic heterocycles. The smallest absolute Gasteiger partial charge is 0.301 e. The van der Waals surface area contributed by atoms with E-state index in [1.165, 1.54) is 11.3 Å². The number of methoxy groups -OCH3 is 2. The minimum absolute atomic E-state index is 0.187. The lowest BCUT2D eigenvalue weighted by Gasteiger charge is -2.08. The first kappa shape index (κ1) is 16.3. The Kier molecular flexibility index (Phi) is 4.39. The van der Waals surface area contributed by atoms with Crippen molar-refractivity contribution < 1.29 is 18.8 Å². The number of nitrogens with zero attached hydrogens (tertiary/aromatic N) is 3. The Morgan fingerprint density at radius 3 is 2.62 bits per heavy atom. The van der Waals surface area contributed by atoms with Crippen LogP contribution in [0.5, 0.6) is 11.5 Å². The first-order chi connectivity index (χ1) is 11.6. The second kappa shape index (κ2) is 6.48. The van der Waals surface area contributed by atoms with E-state index in [2.05, 4.69) is 10.1 Å². The summed E-state index contributed by atoms with van der Waals surface area (Å²) in [6.45, 7) is 4.34. The van der Waals surface area contributed by atoms with Gasteiger partial charge in [-0.2, -0.15) is 4.99 Å². The van der Waals surface area contributed by atoms with Crippen LogP contribution in [-0.2, 0) is 6.54 Å². The summed E-state index contributed by atoms with van der Waals surface area (Å²) in [4.78, 5) is 17.1. The zero-order valence-corrected chi connectivity index (χ0v) is 14.6. The first-order valence-corrected chi connectivity index (χ1v) is 8.17. The Morgan fingerprint density at radius 2 is 2.04 bits per heavy atom. The number of aryl methyl sites for hydroxylation is 2. The highest BCUT2D eigenvalue weighted by atomic mass is 32.1. The number of carbonyl (C=O) groups excluding carboxylic acids is 1. The summed E-state index contributed by atoms with van der Waals surface area (Å²) in [5.41, 5.74) is 1.04. The predicted octanol–water partition coefficient (Wildman–Crippen LogP) is 2.78. The summed E-state index contributed by atoms with van der Waals surface area (Å²) >= 11 is 1.37. The minimum atomic E-state index is -0.446. The standard InChI is InChI=1S/C16H17N3O4S/c1-5-19-13-11(21-3)6-7-12(22-4)14(13)24-16(19)17-15(20)10-8-9(2)23-18-10/h6-8H,5H2,1-4H3. The average Bonchev–Trinajstić information content (AvgIpc) is 3.17. The molecule has 0 saturated heterocycles. The van der Waals surface area contributed by atoms with Gasteiger partial charge in [-0.05, 0) is 26.0 Å². The number of hydrogen-bond donors (Lipinski definition) is 0. The lowest BCUT2D eigenvalue weighted by Crippen LogP contribution is -2.16. The molecule has 7 nitrogen and oxygen atoms in total. The molecular formula is C16H17N3O4S. The van der Waals surface area contributed by atoms with Gasteiger partial charge in [0.15, 0.2) is 10.5 Å². The molecule has 126 valence electrons. The summed E-state index contributed by atoms with van der Waals surface area (Å²) in [7, 11) is 3.22. The van der Waals surface area contributed by atoms with Gasteiger partial charge in [-0.15, -0.1) is 0 Å². The van der Waals surface area contributed by atoms with Crippen molar-refractivity contribution >= 4 is 27.5 Å². The van der Waals surface area contributed by atoms with Crippen LogP contribution in [-0.4, -0.2) is 29.9 Å². The number of aromatic nitrogens is 2. The number of carbonyl (C=O) groups is 1. The third kappa shape index (κ3) is 2.69. The Bertz CT molecular complexity index is 968. The van der Waals surface area contributed by atoms with Gasteiger partial charge in [-0.25, -0.2) is 0 Å². The van der Waals surface area contributed by atoms with Crippen LogP contribution in [0.2, 0.25) is 0 Å². The van der Waals surface area contributed by atoms with Gasteiger partial charge in [0.1, 0.15) is 27.5 Å². The Morgan fingerprint density at radius 1 is 1.33 bits per heavy atom. The highest BCUT2D eigenvalue weighted by Crippen LogP contribution is 2.35. The molecule has 3 rings (SSSR count). The molecule has 0 spiro atoms. The topological polar surface area (TPSA) is 78.9 Å². The third-order valence-electron chi connectivity index (χ3n) is 3.55. The molecular weight excluding hydrogens is 330 g/mol. The Balaban J connectivity index is 2.24. The molecule has 1 aromatic carbocycles. The summed E-state index contributed by atoms with van der Waals surface area (Å²) < 4.78 is 18.6. The molecule has 0 atom stereocenters. The van der Waals surface area contributed by atoms with Crippen molar-refractivity contribution in [3.05, 3.63) is 34.5 Å². The molecule has 8 heteroatoms. The van der Waals surface area contributed by atoms with Gasteiger partial charge >= 0.3 is 5.91 Å². The van der Waals surface area contributed by atoms with E-state index >= 15 is 0 Å². The number of ether oxygens (including phenoxy) is 2. The van der Waals surface area contributed by atoms with Crippen LogP contribution in [0.4, 0.5) is 0 Å². The average molecular weight is 347 g/mol. The Hall–Kier alpha value is -2.61. The molecule has 0 bridgehead atoms. The van der Waals surface area contributed by atoms with Crippen LogP contribution in [0, 0.1) is 6.92 Å². The molecule has 2 heterocycles. The van der Waals surface area contributed by atoms with E-state index in [-0.39, 0.29) is 5.69 Å². The maximum atomic E-state index is 12.3. The van der Waals surface area contributed by atoms with E-state index in [1.807, 2.05) is 23.6 Å². The van der Waals surface area contributed by atoms with Crippen molar-refractivity contribution in [2.75, 3.05) is 14.2 Å². The summed E-state index contributed by atoms with van der Waals surface area (Å²) in [6, 6.07) is 5.24. The molecule has 0 saturated carbocycles. The first-order valence-electron chi connectivity index (χ1n) is 7.35. The van der Waals surface area contributed by atoms with Crippen LogP contribution >= 0.6 is 11.3 Å². The van der Waals surface area contributed by atoms with Gasteiger partial charge in [0.25, 0.3) is 0 Å². The SMILES string of the molecule is CCn1c(=NC(=O)c2cc(C)on2)sc2c(OC)ccc(OC)c21. The van der Waals surface area contributed by atoms with Crippen LogP contribution in [0.15, 0.2) is 27.7 Å². The molecule has 3 aromatic rings. The van der Waals surface area contributed by atoms with E-state index in [4.69, 9.17) is 14.0 Å². The largest absolute Gasteiger partial charge is 0.495 e. The number of thiazole rings is 1. The van der Waals surface area contributed by atoms with Gasteiger partial charge < -0.3 is 18.6 Å². The van der Waals surface area contributed by atoms with Gasteiger partial charge in [-0.1, -0.05) is 16.5 Å². The number of fused-ring (bicyclic) bond motifs is 1.